The van der Waals surface area contributed by atoms with E-state index in [1.807, 2.05) is 18.2 Å². The molecule has 0 aromatic heterocycles. The number of anilines is 1. The number of rotatable bonds is 2. The highest BCUT2D eigenvalue weighted by Crippen LogP contribution is 2.42. The smallest absolute Gasteiger partial charge is 0.279 e. The molecule has 0 unspecified atom stereocenters. The van der Waals surface area contributed by atoms with Gasteiger partial charge in [-0.3, -0.25) is 10.1 Å². The van der Waals surface area contributed by atoms with Crippen LogP contribution in [0.3, 0.4) is 0 Å². The largest absolute Gasteiger partial charge is 0.384 e. The molecule has 2 aromatic rings. The van der Waals surface area contributed by atoms with Crippen molar-refractivity contribution in [3.05, 3.63) is 46.0 Å². The van der Waals surface area contributed by atoms with Crippen LogP contribution in [0.25, 0.3) is 10.8 Å². The van der Waals surface area contributed by atoms with Crippen molar-refractivity contribution in [1.29, 1.82) is 0 Å². The number of nitrogens with zero attached hydrogens (tertiary/aromatic N) is 1. The summed E-state index contributed by atoms with van der Waals surface area (Å²) in [5, 5.41) is 15.9. The van der Waals surface area contributed by atoms with Crippen LogP contribution >= 0.6 is 11.6 Å². The minimum Gasteiger partial charge on any atom is -0.384 e. The molecule has 0 saturated heterocycles. The van der Waals surface area contributed by atoms with Crippen LogP contribution in [0.2, 0.25) is 0 Å². The van der Waals surface area contributed by atoms with E-state index in [0.29, 0.717) is 11.3 Å². The summed E-state index contributed by atoms with van der Waals surface area (Å²) in [7, 11) is 0. The third-order valence-electron chi connectivity index (χ3n) is 3.39. The molecule has 2 aromatic carbocycles. The Morgan fingerprint density at radius 3 is 2.78 bits per heavy atom. The Morgan fingerprint density at radius 2 is 2.11 bits per heavy atom. The number of hydrogen-bond acceptors (Lipinski definition) is 3. The minimum absolute atomic E-state index is 0.145. The molecule has 0 fully saturated rings. The molecule has 92 valence electrons. The fraction of sp³-hybridized carbons (Fsp3) is 0.231. The molecule has 1 aliphatic rings. The highest BCUT2D eigenvalue weighted by atomic mass is 35.5. The summed E-state index contributed by atoms with van der Waals surface area (Å²) < 4.78 is 0. The Balaban J connectivity index is 2.38. The lowest BCUT2D eigenvalue weighted by Gasteiger charge is -2.10. The summed E-state index contributed by atoms with van der Waals surface area (Å²) >= 11 is 5.96. The Bertz CT molecular complexity index is 642. The van der Waals surface area contributed by atoms with E-state index in [1.54, 1.807) is 12.1 Å². The van der Waals surface area contributed by atoms with E-state index in [-0.39, 0.29) is 16.5 Å². The number of halogens is 1. The first kappa shape index (κ1) is 11.3. The van der Waals surface area contributed by atoms with E-state index < -0.39 is 0 Å². The molecule has 0 radical (unpaired) electrons. The predicted octanol–water partition coefficient (Wildman–Crippen LogP) is 3.50. The van der Waals surface area contributed by atoms with Crippen LogP contribution in [0, 0.1) is 10.1 Å². The number of fused-ring (bicyclic) bond motifs is 3. The van der Waals surface area contributed by atoms with Crippen LogP contribution in [-0.2, 0) is 0 Å². The van der Waals surface area contributed by atoms with Crippen molar-refractivity contribution in [1.82, 2.24) is 0 Å². The van der Waals surface area contributed by atoms with E-state index in [2.05, 4.69) is 5.32 Å². The van der Waals surface area contributed by atoms with Gasteiger partial charge in [0, 0.05) is 30.1 Å². The summed E-state index contributed by atoms with van der Waals surface area (Å²) in [5.41, 5.74) is 2.09. The number of nitro benzene ring substituents is 1. The van der Waals surface area contributed by atoms with Crippen LogP contribution < -0.4 is 5.32 Å². The number of hydrogen-bond donors (Lipinski definition) is 1. The van der Waals surface area contributed by atoms with Crippen molar-refractivity contribution in [3.63, 3.8) is 0 Å². The van der Waals surface area contributed by atoms with E-state index in [9.17, 15) is 10.1 Å². The fourth-order valence-electron chi connectivity index (χ4n) is 2.58. The zero-order valence-corrected chi connectivity index (χ0v) is 10.3. The predicted molar refractivity (Wildman–Crippen MR) is 72.6 cm³/mol. The molecule has 3 rings (SSSR count). The van der Waals surface area contributed by atoms with Crippen molar-refractivity contribution in [2.75, 3.05) is 17.7 Å². The molecule has 1 N–H and O–H groups in total. The van der Waals surface area contributed by atoms with E-state index >= 15 is 0 Å². The summed E-state index contributed by atoms with van der Waals surface area (Å²) in [6, 6.07) is 9.05. The first-order valence-electron chi connectivity index (χ1n) is 5.72. The Morgan fingerprint density at radius 1 is 1.39 bits per heavy atom. The first-order valence-corrected chi connectivity index (χ1v) is 6.25. The molecule has 1 heterocycles. The first-order chi connectivity index (χ1) is 8.72. The Kier molecular flexibility index (Phi) is 2.59. The molecule has 1 aliphatic heterocycles. The minimum atomic E-state index is -0.335. The second kappa shape index (κ2) is 4.14. The zero-order valence-electron chi connectivity index (χ0n) is 9.52. The molecule has 0 aliphatic carbocycles. The molecule has 0 saturated carbocycles. The fourth-order valence-corrected chi connectivity index (χ4v) is 2.85. The normalized spacial score (nSPS) is 17.5. The number of benzene rings is 2. The van der Waals surface area contributed by atoms with Crippen LogP contribution in [0.4, 0.5) is 11.4 Å². The summed E-state index contributed by atoms with van der Waals surface area (Å²) in [5.74, 6) is 0.731. The maximum Gasteiger partial charge on any atom is 0.279 e. The second-order valence-corrected chi connectivity index (χ2v) is 4.70. The van der Waals surface area contributed by atoms with E-state index in [1.165, 1.54) is 0 Å². The van der Waals surface area contributed by atoms with Crippen molar-refractivity contribution in [2.45, 2.75) is 5.92 Å². The molecule has 18 heavy (non-hydrogen) atoms. The standard InChI is InChI=1S/C13H11ClN2O2/c14-6-8-7-15-11-5-12(16(17)18)9-3-1-2-4-10(9)13(8)11/h1-5,8,15H,6-7H2/t8-/m1/s1. The molecule has 0 spiro atoms. The summed E-state index contributed by atoms with van der Waals surface area (Å²) in [6.45, 7) is 0.740. The number of nitro groups is 1. The maximum absolute atomic E-state index is 11.1. The van der Waals surface area contributed by atoms with Gasteiger partial charge < -0.3 is 5.32 Å². The van der Waals surface area contributed by atoms with Gasteiger partial charge in [0.05, 0.1) is 10.3 Å². The average Bonchev–Trinajstić information content (AvgIpc) is 2.80. The SMILES string of the molecule is O=[N+]([O-])c1cc2c(c3ccccc13)[C@H](CCl)CN2. The van der Waals surface area contributed by atoms with Crippen LogP contribution in [0.5, 0.6) is 0 Å². The van der Waals surface area contributed by atoms with Gasteiger partial charge in [-0.1, -0.05) is 18.2 Å². The Labute approximate surface area is 109 Å². The monoisotopic (exact) mass is 262 g/mol. The van der Waals surface area contributed by atoms with Crippen LogP contribution in [-0.4, -0.2) is 17.3 Å². The van der Waals surface area contributed by atoms with Gasteiger partial charge in [-0.2, -0.15) is 0 Å². The average molecular weight is 263 g/mol. The lowest BCUT2D eigenvalue weighted by molar-refractivity contribution is -0.383. The van der Waals surface area contributed by atoms with Gasteiger partial charge in [-0.05, 0) is 17.0 Å². The van der Waals surface area contributed by atoms with Gasteiger partial charge in [-0.15, -0.1) is 11.6 Å². The van der Waals surface area contributed by atoms with E-state index in [0.717, 1.165) is 23.2 Å². The lowest BCUT2D eigenvalue weighted by atomic mass is 9.95. The third kappa shape index (κ3) is 1.53. The molecule has 0 bridgehead atoms. The van der Waals surface area contributed by atoms with E-state index in [4.69, 9.17) is 11.6 Å². The summed E-state index contributed by atoms with van der Waals surface area (Å²) in [4.78, 5) is 10.8. The molecule has 1 atom stereocenters. The number of nitrogens with one attached hydrogen (secondary N) is 1. The van der Waals surface area contributed by atoms with Gasteiger partial charge >= 0.3 is 0 Å². The van der Waals surface area contributed by atoms with Crippen LogP contribution in [0.1, 0.15) is 11.5 Å². The molecular formula is C13H11ClN2O2. The molecule has 4 nitrogen and oxygen atoms in total. The highest BCUT2D eigenvalue weighted by Gasteiger charge is 2.27. The molecule has 0 amide bonds. The highest BCUT2D eigenvalue weighted by molar-refractivity contribution is 6.18. The second-order valence-electron chi connectivity index (χ2n) is 4.39. The van der Waals surface area contributed by atoms with Crippen molar-refractivity contribution >= 4 is 33.7 Å². The quantitative estimate of drug-likeness (QED) is 0.512. The topological polar surface area (TPSA) is 55.2 Å². The van der Waals surface area contributed by atoms with Crippen molar-refractivity contribution < 1.29 is 4.92 Å². The van der Waals surface area contributed by atoms with Gasteiger partial charge in [0.25, 0.3) is 5.69 Å². The van der Waals surface area contributed by atoms with Gasteiger partial charge in [0.2, 0.25) is 0 Å². The maximum atomic E-state index is 11.1. The van der Waals surface area contributed by atoms with Gasteiger partial charge in [0.15, 0.2) is 0 Å². The zero-order chi connectivity index (χ0) is 12.7. The summed E-state index contributed by atoms with van der Waals surface area (Å²) in [6.07, 6.45) is 0. The molecular weight excluding hydrogens is 252 g/mol. The van der Waals surface area contributed by atoms with Crippen molar-refractivity contribution in [2.24, 2.45) is 0 Å². The number of non-ortho nitro benzene ring substituents is 1. The Hall–Kier alpha value is -1.81. The number of alkyl halides is 1. The van der Waals surface area contributed by atoms with Crippen LogP contribution in [0.15, 0.2) is 30.3 Å². The third-order valence-corrected chi connectivity index (χ3v) is 3.77. The molecule has 5 heteroatoms. The van der Waals surface area contributed by atoms with Gasteiger partial charge in [0.1, 0.15) is 0 Å². The van der Waals surface area contributed by atoms with Gasteiger partial charge in [-0.25, -0.2) is 0 Å². The lowest BCUT2D eigenvalue weighted by Crippen LogP contribution is -2.02. The van der Waals surface area contributed by atoms with Crippen molar-refractivity contribution in [3.8, 4) is 0 Å².